The predicted molar refractivity (Wildman–Crippen MR) is 106 cm³/mol. The SMILES string of the molecule is CCNC(=NCC(C)N(C)C1CC1)NCCCN(C(C)C)C(C)C. The van der Waals surface area contributed by atoms with E-state index in [0.29, 0.717) is 18.1 Å². The van der Waals surface area contributed by atoms with Crippen molar-refractivity contribution < 1.29 is 0 Å². The van der Waals surface area contributed by atoms with Crippen LogP contribution in [0.1, 0.15) is 60.8 Å². The van der Waals surface area contributed by atoms with E-state index in [1.54, 1.807) is 0 Å². The van der Waals surface area contributed by atoms with E-state index < -0.39 is 0 Å². The smallest absolute Gasteiger partial charge is 0.191 e. The molecule has 1 aliphatic carbocycles. The fourth-order valence-electron chi connectivity index (χ4n) is 3.12. The Morgan fingerprint density at radius 3 is 2.21 bits per heavy atom. The average molecular weight is 340 g/mol. The van der Waals surface area contributed by atoms with Crippen LogP contribution in [0.4, 0.5) is 0 Å². The second-order valence-corrected chi connectivity index (χ2v) is 7.67. The Morgan fingerprint density at radius 2 is 1.71 bits per heavy atom. The molecule has 0 amide bonds. The highest BCUT2D eigenvalue weighted by molar-refractivity contribution is 5.79. The van der Waals surface area contributed by atoms with Crippen LogP contribution in [0.15, 0.2) is 4.99 Å². The van der Waals surface area contributed by atoms with Gasteiger partial charge < -0.3 is 10.6 Å². The van der Waals surface area contributed by atoms with E-state index in [1.807, 2.05) is 0 Å². The third kappa shape index (κ3) is 7.84. The molecule has 0 aromatic heterocycles. The van der Waals surface area contributed by atoms with Gasteiger partial charge in [0.1, 0.15) is 0 Å². The molecule has 1 aliphatic rings. The van der Waals surface area contributed by atoms with Gasteiger partial charge in [0, 0.05) is 43.8 Å². The molecule has 5 heteroatoms. The Balaban J connectivity index is 2.35. The molecule has 1 rings (SSSR count). The number of likely N-dealkylation sites (N-methyl/N-ethyl adjacent to an activating group) is 1. The summed E-state index contributed by atoms with van der Waals surface area (Å²) in [5.74, 6) is 0.953. The molecule has 1 unspecified atom stereocenters. The molecule has 0 spiro atoms. The van der Waals surface area contributed by atoms with Crippen molar-refractivity contribution in [2.45, 2.75) is 85.0 Å². The second-order valence-electron chi connectivity index (χ2n) is 7.67. The Morgan fingerprint density at radius 1 is 1.08 bits per heavy atom. The molecule has 0 bridgehead atoms. The van der Waals surface area contributed by atoms with Crippen LogP contribution in [0, 0.1) is 0 Å². The summed E-state index contributed by atoms with van der Waals surface area (Å²) in [6.45, 7) is 17.3. The first-order chi connectivity index (χ1) is 11.4. The fraction of sp³-hybridized carbons (Fsp3) is 0.947. The van der Waals surface area contributed by atoms with Crippen LogP contribution in [0.3, 0.4) is 0 Å². The van der Waals surface area contributed by atoms with Gasteiger partial charge in [-0.1, -0.05) is 0 Å². The molecule has 5 nitrogen and oxygen atoms in total. The van der Waals surface area contributed by atoms with Crippen molar-refractivity contribution in [3.05, 3.63) is 0 Å². The molecule has 1 atom stereocenters. The van der Waals surface area contributed by atoms with Crippen LogP contribution in [0.2, 0.25) is 0 Å². The van der Waals surface area contributed by atoms with Crippen LogP contribution in [-0.4, -0.2) is 73.2 Å². The highest BCUT2D eigenvalue weighted by Crippen LogP contribution is 2.26. The Bertz CT molecular complexity index is 355. The summed E-state index contributed by atoms with van der Waals surface area (Å²) in [4.78, 5) is 9.78. The fourth-order valence-corrected chi connectivity index (χ4v) is 3.12. The molecule has 1 fully saturated rings. The monoisotopic (exact) mass is 339 g/mol. The number of aliphatic imine (C=N–C) groups is 1. The maximum Gasteiger partial charge on any atom is 0.191 e. The van der Waals surface area contributed by atoms with E-state index in [-0.39, 0.29) is 0 Å². The molecular weight excluding hydrogens is 298 g/mol. The first-order valence-corrected chi connectivity index (χ1v) is 9.86. The van der Waals surface area contributed by atoms with Crippen molar-refractivity contribution >= 4 is 5.96 Å². The third-order valence-corrected chi connectivity index (χ3v) is 4.89. The van der Waals surface area contributed by atoms with Gasteiger partial charge in [0.25, 0.3) is 0 Å². The maximum absolute atomic E-state index is 4.77. The van der Waals surface area contributed by atoms with Crippen molar-refractivity contribution in [3.8, 4) is 0 Å². The summed E-state index contributed by atoms with van der Waals surface area (Å²) >= 11 is 0. The van der Waals surface area contributed by atoms with Gasteiger partial charge in [0.05, 0.1) is 6.54 Å². The molecule has 1 saturated carbocycles. The molecule has 0 radical (unpaired) electrons. The average Bonchev–Trinajstić information content (AvgIpc) is 3.35. The van der Waals surface area contributed by atoms with Crippen LogP contribution in [0.5, 0.6) is 0 Å². The van der Waals surface area contributed by atoms with Crippen molar-refractivity contribution in [2.24, 2.45) is 4.99 Å². The standard InChI is InChI=1S/C19H41N5/c1-8-20-19(22-14-17(6)23(7)18-10-11-18)21-12-9-13-24(15(2)3)16(4)5/h15-18H,8-14H2,1-7H3,(H2,20,21,22). The largest absolute Gasteiger partial charge is 0.357 e. The molecule has 2 N–H and O–H groups in total. The van der Waals surface area contributed by atoms with E-state index in [9.17, 15) is 0 Å². The van der Waals surface area contributed by atoms with Gasteiger partial charge in [0.15, 0.2) is 5.96 Å². The molecule has 0 aliphatic heterocycles. The van der Waals surface area contributed by atoms with Gasteiger partial charge in [-0.15, -0.1) is 0 Å². The minimum Gasteiger partial charge on any atom is -0.357 e. The van der Waals surface area contributed by atoms with Gasteiger partial charge in [-0.05, 0) is 67.9 Å². The lowest BCUT2D eigenvalue weighted by atomic mass is 10.2. The van der Waals surface area contributed by atoms with Crippen molar-refractivity contribution in [3.63, 3.8) is 0 Å². The zero-order valence-corrected chi connectivity index (χ0v) is 17.1. The number of nitrogens with zero attached hydrogens (tertiary/aromatic N) is 3. The zero-order valence-electron chi connectivity index (χ0n) is 17.1. The van der Waals surface area contributed by atoms with E-state index >= 15 is 0 Å². The van der Waals surface area contributed by atoms with Gasteiger partial charge in [0.2, 0.25) is 0 Å². The van der Waals surface area contributed by atoms with E-state index in [4.69, 9.17) is 4.99 Å². The lowest BCUT2D eigenvalue weighted by Crippen LogP contribution is -2.42. The lowest BCUT2D eigenvalue weighted by Gasteiger charge is -2.30. The quantitative estimate of drug-likeness (QED) is 0.345. The lowest BCUT2D eigenvalue weighted by molar-refractivity contribution is 0.173. The maximum atomic E-state index is 4.77. The summed E-state index contributed by atoms with van der Waals surface area (Å²) in [5, 5.41) is 6.85. The number of hydrogen-bond donors (Lipinski definition) is 2. The van der Waals surface area contributed by atoms with Crippen LogP contribution < -0.4 is 10.6 Å². The van der Waals surface area contributed by atoms with Gasteiger partial charge in [-0.3, -0.25) is 14.8 Å². The van der Waals surface area contributed by atoms with Gasteiger partial charge in [-0.2, -0.15) is 0 Å². The number of nitrogens with one attached hydrogen (secondary N) is 2. The molecule has 0 saturated heterocycles. The Hall–Kier alpha value is -0.810. The minimum atomic E-state index is 0.505. The first kappa shape index (κ1) is 21.2. The van der Waals surface area contributed by atoms with Gasteiger partial charge >= 0.3 is 0 Å². The summed E-state index contributed by atoms with van der Waals surface area (Å²) in [5.41, 5.74) is 0. The number of hydrogen-bond acceptors (Lipinski definition) is 3. The molecule has 0 aromatic rings. The van der Waals surface area contributed by atoms with Crippen molar-refractivity contribution in [1.29, 1.82) is 0 Å². The first-order valence-electron chi connectivity index (χ1n) is 9.86. The van der Waals surface area contributed by atoms with Crippen LogP contribution >= 0.6 is 0 Å². The molecular formula is C19H41N5. The normalized spacial score (nSPS) is 17.2. The number of rotatable bonds is 11. The molecule has 0 aromatic carbocycles. The van der Waals surface area contributed by atoms with Crippen molar-refractivity contribution in [1.82, 2.24) is 20.4 Å². The highest BCUT2D eigenvalue weighted by Gasteiger charge is 2.28. The summed E-state index contributed by atoms with van der Waals surface area (Å²) in [6, 6.07) is 2.51. The van der Waals surface area contributed by atoms with E-state index in [0.717, 1.165) is 44.6 Å². The topological polar surface area (TPSA) is 42.9 Å². The Kier molecular flexibility index (Phi) is 9.67. The van der Waals surface area contributed by atoms with E-state index in [1.165, 1.54) is 12.8 Å². The molecule has 142 valence electrons. The van der Waals surface area contributed by atoms with Gasteiger partial charge in [-0.25, -0.2) is 0 Å². The van der Waals surface area contributed by atoms with E-state index in [2.05, 4.69) is 69.0 Å². The summed E-state index contributed by atoms with van der Waals surface area (Å²) in [6.07, 6.45) is 3.84. The van der Waals surface area contributed by atoms with Crippen molar-refractivity contribution in [2.75, 3.05) is 33.2 Å². The summed E-state index contributed by atoms with van der Waals surface area (Å²) < 4.78 is 0. The second kappa shape index (κ2) is 10.9. The molecule has 0 heterocycles. The highest BCUT2D eigenvalue weighted by atomic mass is 15.2. The molecule has 24 heavy (non-hydrogen) atoms. The Labute approximate surface area is 150 Å². The predicted octanol–water partition coefficient (Wildman–Crippen LogP) is 2.53. The number of guanidine groups is 1. The zero-order chi connectivity index (χ0) is 18.1. The van der Waals surface area contributed by atoms with Crippen LogP contribution in [-0.2, 0) is 0 Å². The summed E-state index contributed by atoms with van der Waals surface area (Å²) in [7, 11) is 2.23. The third-order valence-electron chi connectivity index (χ3n) is 4.89. The minimum absolute atomic E-state index is 0.505. The van der Waals surface area contributed by atoms with Crippen LogP contribution in [0.25, 0.3) is 0 Å².